The van der Waals surface area contributed by atoms with Gasteiger partial charge in [0.25, 0.3) is 0 Å². The van der Waals surface area contributed by atoms with Crippen LogP contribution in [-0.2, 0) is 0 Å². The first-order valence-corrected chi connectivity index (χ1v) is 13.8. The highest BCUT2D eigenvalue weighted by molar-refractivity contribution is 5.19. The van der Waals surface area contributed by atoms with Gasteiger partial charge in [0, 0.05) is 0 Å². The fourth-order valence-electron chi connectivity index (χ4n) is 10.1. The van der Waals surface area contributed by atoms with Crippen LogP contribution in [0.5, 0.6) is 0 Å². The molecular weight excluding hydrogens is 392 g/mol. The van der Waals surface area contributed by atoms with E-state index in [-0.39, 0.29) is 23.0 Å². The van der Waals surface area contributed by atoms with Crippen molar-refractivity contribution in [3.8, 4) is 0 Å². The Bertz CT molecular complexity index is 735. The van der Waals surface area contributed by atoms with Crippen molar-refractivity contribution in [3.05, 3.63) is 11.6 Å². The van der Waals surface area contributed by atoms with Gasteiger partial charge in [0.05, 0.1) is 12.2 Å². The minimum atomic E-state index is -0.165. The fourth-order valence-corrected chi connectivity index (χ4v) is 10.1. The molecule has 0 aromatic heterocycles. The van der Waals surface area contributed by atoms with Gasteiger partial charge in [-0.25, -0.2) is 0 Å². The molecule has 2 nitrogen and oxygen atoms in total. The first-order valence-electron chi connectivity index (χ1n) is 13.8. The molecule has 32 heavy (non-hydrogen) atoms. The number of rotatable bonds is 3. The standard InChI is InChI=1S/C30H52O2/c1-19-9-13-23-27(3,4)25(31)15-17-29(23,7)21(19)11-12-22-20(2)10-14-24-28(5,6)26(32)16-18-30(22,24)8/h9,20-26,31-32H,10-18H2,1-8H3/t20-,21+,22+,23+,24+,25+,26+,29-,30-/m1/s1. The van der Waals surface area contributed by atoms with Crippen LogP contribution in [0.1, 0.15) is 113 Å². The van der Waals surface area contributed by atoms with Gasteiger partial charge in [-0.2, -0.15) is 0 Å². The zero-order chi connectivity index (χ0) is 23.7. The van der Waals surface area contributed by atoms with Gasteiger partial charge in [-0.15, -0.1) is 0 Å². The molecule has 3 fully saturated rings. The van der Waals surface area contributed by atoms with Crippen LogP contribution in [0.2, 0.25) is 0 Å². The second kappa shape index (κ2) is 8.11. The van der Waals surface area contributed by atoms with E-state index in [0.29, 0.717) is 28.6 Å². The van der Waals surface area contributed by atoms with E-state index in [1.54, 1.807) is 5.57 Å². The Morgan fingerprint density at radius 1 is 0.781 bits per heavy atom. The second-order valence-corrected chi connectivity index (χ2v) is 14.3. The molecule has 0 bridgehead atoms. The number of allylic oxidation sites excluding steroid dienone is 2. The molecule has 0 aromatic rings. The molecule has 2 N–H and O–H groups in total. The van der Waals surface area contributed by atoms with Crippen molar-refractivity contribution in [2.24, 2.45) is 51.2 Å². The maximum atomic E-state index is 10.8. The van der Waals surface area contributed by atoms with Crippen LogP contribution in [-0.4, -0.2) is 22.4 Å². The fraction of sp³-hybridized carbons (Fsp3) is 0.933. The van der Waals surface area contributed by atoms with Crippen molar-refractivity contribution in [2.75, 3.05) is 0 Å². The average molecular weight is 445 g/mol. The molecule has 0 radical (unpaired) electrons. The van der Waals surface area contributed by atoms with E-state index in [0.717, 1.165) is 37.5 Å². The van der Waals surface area contributed by atoms with Crippen LogP contribution in [0.4, 0.5) is 0 Å². The van der Waals surface area contributed by atoms with E-state index in [1.165, 1.54) is 32.1 Å². The lowest BCUT2D eigenvalue weighted by atomic mass is 9.44. The van der Waals surface area contributed by atoms with Crippen molar-refractivity contribution in [1.82, 2.24) is 0 Å². The van der Waals surface area contributed by atoms with Crippen LogP contribution in [0.15, 0.2) is 11.6 Å². The van der Waals surface area contributed by atoms with E-state index >= 15 is 0 Å². The van der Waals surface area contributed by atoms with Crippen LogP contribution in [0, 0.1) is 51.2 Å². The molecule has 2 heteroatoms. The Balaban J connectivity index is 1.58. The number of hydrogen-bond donors (Lipinski definition) is 2. The van der Waals surface area contributed by atoms with Gasteiger partial charge in [-0.3, -0.25) is 0 Å². The van der Waals surface area contributed by atoms with E-state index in [2.05, 4.69) is 61.5 Å². The number of aliphatic hydroxyl groups excluding tert-OH is 2. The smallest absolute Gasteiger partial charge is 0.0594 e. The van der Waals surface area contributed by atoms with Gasteiger partial charge in [0.1, 0.15) is 0 Å². The zero-order valence-corrected chi connectivity index (χ0v) is 22.4. The summed E-state index contributed by atoms with van der Waals surface area (Å²) in [6.45, 7) is 19.3. The highest BCUT2D eigenvalue weighted by Crippen LogP contribution is 2.64. The predicted molar refractivity (Wildman–Crippen MR) is 134 cm³/mol. The Kier molecular flexibility index (Phi) is 6.28. The number of aliphatic hydroxyl groups is 2. The third-order valence-corrected chi connectivity index (χ3v) is 12.3. The highest BCUT2D eigenvalue weighted by Gasteiger charge is 2.58. The summed E-state index contributed by atoms with van der Waals surface area (Å²) in [4.78, 5) is 0. The second-order valence-electron chi connectivity index (χ2n) is 14.3. The van der Waals surface area contributed by atoms with Gasteiger partial charge in [0.15, 0.2) is 0 Å². The van der Waals surface area contributed by atoms with Gasteiger partial charge in [-0.05, 0) is 110 Å². The third-order valence-electron chi connectivity index (χ3n) is 12.3. The van der Waals surface area contributed by atoms with Gasteiger partial charge in [0.2, 0.25) is 0 Å². The monoisotopic (exact) mass is 444 g/mol. The predicted octanol–water partition coefficient (Wildman–Crippen LogP) is 7.39. The van der Waals surface area contributed by atoms with Crippen molar-refractivity contribution in [2.45, 2.75) is 125 Å². The number of fused-ring (bicyclic) bond motifs is 2. The van der Waals surface area contributed by atoms with Crippen LogP contribution < -0.4 is 0 Å². The summed E-state index contributed by atoms with van der Waals surface area (Å²) in [6, 6.07) is 0. The lowest BCUT2D eigenvalue weighted by molar-refractivity contribution is -0.152. The van der Waals surface area contributed by atoms with Crippen LogP contribution in [0.3, 0.4) is 0 Å². The van der Waals surface area contributed by atoms with Gasteiger partial charge in [-0.1, -0.05) is 66.5 Å². The molecule has 0 spiro atoms. The minimum Gasteiger partial charge on any atom is -0.393 e. The molecule has 4 aliphatic rings. The Morgan fingerprint density at radius 2 is 1.34 bits per heavy atom. The van der Waals surface area contributed by atoms with E-state index in [9.17, 15) is 10.2 Å². The van der Waals surface area contributed by atoms with Crippen molar-refractivity contribution in [1.29, 1.82) is 0 Å². The molecule has 3 saturated carbocycles. The molecule has 0 aliphatic heterocycles. The van der Waals surface area contributed by atoms with Crippen LogP contribution in [0.25, 0.3) is 0 Å². The quantitative estimate of drug-likeness (QED) is 0.446. The summed E-state index contributed by atoms with van der Waals surface area (Å²) in [7, 11) is 0. The van der Waals surface area contributed by atoms with Crippen LogP contribution >= 0.6 is 0 Å². The highest BCUT2D eigenvalue weighted by atomic mass is 16.3. The lowest BCUT2D eigenvalue weighted by Crippen LogP contribution is -2.56. The average Bonchev–Trinajstić information content (AvgIpc) is 2.69. The number of hydrogen-bond acceptors (Lipinski definition) is 2. The molecule has 0 heterocycles. The lowest BCUT2D eigenvalue weighted by Gasteiger charge is -2.61. The first kappa shape index (κ1) is 24.8. The van der Waals surface area contributed by atoms with Crippen molar-refractivity contribution in [3.63, 3.8) is 0 Å². The Labute approximate surface area is 198 Å². The van der Waals surface area contributed by atoms with E-state index in [1.807, 2.05) is 0 Å². The largest absolute Gasteiger partial charge is 0.393 e. The third kappa shape index (κ3) is 3.57. The molecular formula is C30H52O2. The normalized spacial score (nSPS) is 50.2. The molecule has 0 unspecified atom stereocenters. The Hall–Kier alpha value is -0.340. The molecule has 0 amide bonds. The molecule has 0 saturated heterocycles. The molecule has 0 aromatic carbocycles. The van der Waals surface area contributed by atoms with Crippen molar-refractivity contribution < 1.29 is 10.2 Å². The molecule has 184 valence electrons. The summed E-state index contributed by atoms with van der Waals surface area (Å²) in [5.41, 5.74) is 2.31. The maximum Gasteiger partial charge on any atom is 0.0594 e. The minimum absolute atomic E-state index is 0.00118. The summed E-state index contributed by atoms with van der Waals surface area (Å²) in [5, 5.41) is 21.6. The van der Waals surface area contributed by atoms with Crippen molar-refractivity contribution >= 4 is 0 Å². The summed E-state index contributed by atoms with van der Waals surface area (Å²) in [6.07, 6.45) is 12.8. The molecule has 4 aliphatic carbocycles. The Morgan fingerprint density at radius 3 is 1.97 bits per heavy atom. The van der Waals surface area contributed by atoms with Gasteiger partial charge < -0.3 is 10.2 Å². The first-order chi connectivity index (χ1) is 14.8. The summed E-state index contributed by atoms with van der Waals surface area (Å²) < 4.78 is 0. The molecule has 9 atom stereocenters. The van der Waals surface area contributed by atoms with Gasteiger partial charge >= 0.3 is 0 Å². The maximum absolute atomic E-state index is 10.8. The topological polar surface area (TPSA) is 40.5 Å². The summed E-state index contributed by atoms with van der Waals surface area (Å²) >= 11 is 0. The molecule has 4 rings (SSSR count). The zero-order valence-electron chi connectivity index (χ0n) is 22.4. The SMILES string of the molecule is CC1=CC[C@H]2C(C)(C)[C@@H](O)CC[C@]2(C)[C@H]1CC[C@H]1[C@H](C)CC[C@H]2C(C)(C)[C@@H](O)CC[C@]12C. The van der Waals surface area contributed by atoms with E-state index < -0.39 is 0 Å². The summed E-state index contributed by atoms with van der Waals surface area (Å²) in [5.74, 6) is 3.39. The van der Waals surface area contributed by atoms with E-state index in [4.69, 9.17) is 0 Å².